The van der Waals surface area contributed by atoms with E-state index >= 15 is 0 Å². The summed E-state index contributed by atoms with van der Waals surface area (Å²) < 4.78 is 5.04. The number of rotatable bonds is 0. The Kier molecular flexibility index (Phi) is 1.59. The molecule has 0 fully saturated rings. The highest BCUT2D eigenvalue weighted by Crippen LogP contribution is 2.19. The zero-order valence-corrected chi connectivity index (χ0v) is 7.20. The second-order valence-corrected chi connectivity index (χ2v) is 3.01. The van der Waals surface area contributed by atoms with Crippen molar-refractivity contribution in [2.24, 2.45) is 0 Å². The lowest BCUT2D eigenvalue weighted by Crippen LogP contribution is -1.96. The molecule has 66 valence electrons. The molecule has 0 spiro atoms. The van der Waals surface area contributed by atoms with Gasteiger partial charge in [-0.25, -0.2) is 4.79 Å². The molecule has 0 radical (unpaired) electrons. The van der Waals surface area contributed by atoms with Gasteiger partial charge in [0.15, 0.2) is 0 Å². The van der Waals surface area contributed by atoms with Gasteiger partial charge in [-0.3, -0.25) is 0 Å². The summed E-state index contributed by atoms with van der Waals surface area (Å²) in [4.78, 5) is 10.9. The molecule has 3 nitrogen and oxygen atoms in total. The molecule has 2 aromatic rings. The highest BCUT2D eigenvalue weighted by atomic mass is 16.4. The van der Waals surface area contributed by atoms with Gasteiger partial charge in [0, 0.05) is 17.1 Å². The number of hydrogen-bond acceptors (Lipinski definition) is 3. The van der Waals surface area contributed by atoms with Gasteiger partial charge in [-0.15, -0.1) is 0 Å². The Labute approximate surface area is 74.8 Å². The van der Waals surface area contributed by atoms with E-state index in [2.05, 4.69) is 0 Å². The first-order valence-electron chi connectivity index (χ1n) is 3.97. The summed E-state index contributed by atoms with van der Waals surface area (Å²) >= 11 is 0. The van der Waals surface area contributed by atoms with Crippen LogP contribution in [0.1, 0.15) is 5.56 Å². The maximum atomic E-state index is 10.9. The quantitative estimate of drug-likeness (QED) is 0.489. The first-order chi connectivity index (χ1) is 6.16. The molecule has 2 rings (SSSR count). The predicted molar refractivity (Wildman–Crippen MR) is 51.6 cm³/mol. The number of anilines is 1. The summed E-state index contributed by atoms with van der Waals surface area (Å²) in [5.74, 6) is 0. The van der Waals surface area contributed by atoms with Gasteiger partial charge in [0.05, 0.1) is 0 Å². The van der Waals surface area contributed by atoms with Crippen LogP contribution in [0.25, 0.3) is 11.0 Å². The zero-order chi connectivity index (χ0) is 9.42. The molecule has 3 heteroatoms. The number of benzene rings is 1. The van der Waals surface area contributed by atoms with Crippen molar-refractivity contribution in [2.75, 3.05) is 5.73 Å². The van der Waals surface area contributed by atoms with Crippen LogP contribution in [0.4, 0.5) is 5.69 Å². The lowest BCUT2D eigenvalue weighted by Gasteiger charge is -2.00. The molecule has 0 atom stereocenters. The van der Waals surface area contributed by atoms with E-state index in [1.54, 1.807) is 18.2 Å². The van der Waals surface area contributed by atoms with Crippen LogP contribution in [0, 0.1) is 6.92 Å². The molecule has 0 unspecified atom stereocenters. The lowest BCUT2D eigenvalue weighted by atomic mass is 10.1. The average molecular weight is 175 g/mol. The molecule has 2 N–H and O–H groups in total. The van der Waals surface area contributed by atoms with Crippen LogP contribution < -0.4 is 11.4 Å². The standard InChI is InChI=1S/C10H9NO2/c1-6-4-8(11)5-7-2-3-9(12)13-10(6)7/h2-5H,11H2,1H3. The fourth-order valence-corrected chi connectivity index (χ4v) is 1.39. The van der Waals surface area contributed by atoms with Crippen LogP contribution in [0.15, 0.2) is 33.5 Å². The normalized spacial score (nSPS) is 10.5. The van der Waals surface area contributed by atoms with E-state index in [-0.39, 0.29) is 5.63 Å². The summed E-state index contributed by atoms with van der Waals surface area (Å²) in [6.07, 6.45) is 0. The molecular formula is C10H9NO2. The molecular weight excluding hydrogens is 166 g/mol. The Morgan fingerprint density at radius 1 is 1.31 bits per heavy atom. The minimum absolute atomic E-state index is 0.333. The van der Waals surface area contributed by atoms with Crippen molar-refractivity contribution >= 4 is 16.7 Å². The van der Waals surface area contributed by atoms with Crippen molar-refractivity contribution in [1.82, 2.24) is 0 Å². The van der Waals surface area contributed by atoms with Crippen LogP contribution in [0.2, 0.25) is 0 Å². The lowest BCUT2D eigenvalue weighted by molar-refractivity contribution is 0.559. The van der Waals surface area contributed by atoms with Crippen molar-refractivity contribution < 1.29 is 4.42 Å². The van der Waals surface area contributed by atoms with Gasteiger partial charge in [-0.2, -0.15) is 0 Å². The summed E-state index contributed by atoms with van der Waals surface area (Å²) in [6.45, 7) is 1.86. The van der Waals surface area contributed by atoms with Gasteiger partial charge in [0.2, 0.25) is 0 Å². The molecule has 0 aliphatic carbocycles. The topological polar surface area (TPSA) is 56.2 Å². The van der Waals surface area contributed by atoms with Crippen molar-refractivity contribution in [1.29, 1.82) is 0 Å². The molecule has 0 saturated heterocycles. The molecule has 0 aliphatic rings. The Bertz CT molecular complexity index is 514. The van der Waals surface area contributed by atoms with Crippen LogP contribution >= 0.6 is 0 Å². The highest BCUT2D eigenvalue weighted by Gasteiger charge is 2.01. The third kappa shape index (κ3) is 1.28. The summed E-state index contributed by atoms with van der Waals surface area (Å²) in [7, 11) is 0. The third-order valence-corrected chi connectivity index (χ3v) is 1.93. The predicted octanol–water partition coefficient (Wildman–Crippen LogP) is 1.68. The third-order valence-electron chi connectivity index (χ3n) is 1.93. The van der Waals surface area contributed by atoms with E-state index in [1.165, 1.54) is 6.07 Å². The van der Waals surface area contributed by atoms with Gasteiger partial charge >= 0.3 is 5.63 Å². The second kappa shape index (κ2) is 2.62. The molecule has 0 amide bonds. The van der Waals surface area contributed by atoms with Gasteiger partial charge in [0.1, 0.15) is 5.58 Å². The van der Waals surface area contributed by atoms with Gasteiger partial charge < -0.3 is 10.2 Å². The molecule has 1 aromatic heterocycles. The van der Waals surface area contributed by atoms with Crippen LogP contribution in [-0.4, -0.2) is 0 Å². The maximum absolute atomic E-state index is 10.9. The Hall–Kier alpha value is -1.77. The zero-order valence-electron chi connectivity index (χ0n) is 7.20. The molecule has 0 aliphatic heterocycles. The second-order valence-electron chi connectivity index (χ2n) is 3.01. The molecule has 0 saturated carbocycles. The number of aryl methyl sites for hydroxylation is 1. The molecule has 0 bridgehead atoms. The van der Waals surface area contributed by atoms with Crippen molar-refractivity contribution in [3.8, 4) is 0 Å². The fourth-order valence-electron chi connectivity index (χ4n) is 1.39. The van der Waals surface area contributed by atoms with Crippen LogP contribution in [0.3, 0.4) is 0 Å². The Morgan fingerprint density at radius 2 is 2.08 bits per heavy atom. The van der Waals surface area contributed by atoms with Crippen molar-refractivity contribution in [3.63, 3.8) is 0 Å². The van der Waals surface area contributed by atoms with Crippen molar-refractivity contribution in [2.45, 2.75) is 6.92 Å². The number of nitrogen functional groups attached to an aromatic ring is 1. The van der Waals surface area contributed by atoms with Crippen molar-refractivity contribution in [3.05, 3.63) is 40.2 Å². The minimum atomic E-state index is -0.333. The fraction of sp³-hybridized carbons (Fsp3) is 0.100. The molecule has 1 aromatic carbocycles. The summed E-state index contributed by atoms with van der Waals surface area (Å²) in [5.41, 5.74) is 7.48. The van der Waals surface area contributed by atoms with Crippen LogP contribution in [-0.2, 0) is 0 Å². The summed E-state index contributed by atoms with van der Waals surface area (Å²) in [5, 5.41) is 0.858. The first-order valence-corrected chi connectivity index (χ1v) is 3.97. The average Bonchev–Trinajstić information content (AvgIpc) is 2.06. The van der Waals surface area contributed by atoms with Gasteiger partial charge in [-0.05, 0) is 30.7 Å². The Balaban J connectivity index is 2.95. The smallest absolute Gasteiger partial charge is 0.336 e. The van der Waals surface area contributed by atoms with Gasteiger partial charge in [0.25, 0.3) is 0 Å². The number of hydrogen-bond donors (Lipinski definition) is 1. The SMILES string of the molecule is Cc1cc(N)cc2ccc(=O)oc12. The largest absolute Gasteiger partial charge is 0.422 e. The highest BCUT2D eigenvalue weighted by molar-refractivity contribution is 5.83. The monoisotopic (exact) mass is 175 g/mol. The number of nitrogens with two attached hydrogens (primary N) is 1. The van der Waals surface area contributed by atoms with E-state index in [1.807, 2.05) is 6.92 Å². The van der Waals surface area contributed by atoms with E-state index < -0.39 is 0 Å². The first kappa shape index (κ1) is 7.86. The van der Waals surface area contributed by atoms with E-state index in [0.29, 0.717) is 11.3 Å². The van der Waals surface area contributed by atoms with Gasteiger partial charge in [-0.1, -0.05) is 0 Å². The molecule has 1 heterocycles. The minimum Gasteiger partial charge on any atom is -0.422 e. The summed E-state index contributed by atoms with van der Waals surface area (Å²) in [6, 6.07) is 6.67. The van der Waals surface area contributed by atoms with E-state index in [4.69, 9.17) is 10.2 Å². The Morgan fingerprint density at radius 3 is 2.85 bits per heavy atom. The number of fused-ring (bicyclic) bond motifs is 1. The van der Waals surface area contributed by atoms with E-state index in [0.717, 1.165) is 10.9 Å². The molecule has 13 heavy (non-hydrogen) atoms. The van der Waals surface area contributed by atoms with E-state index in [9.17, 15) is 4.79 Å². The van der Waals surface area contributed by atoms with Crippen LogP contribution in [0.5, 0.6) is 0 Å². The maximum Gasteiger partial charge on any atom is 0.336 e.